The van der Waals surface area contributed by atoms with E-state index in [1.165, 1.54) is 0 Å². The molecule has 0 aromatic heterocycles. The first-order valence-corrected chi connectivity index (χ1v) is 13.7. The van der Waals surface area contributed by atoms with Crippen LogP contribution in [0.4, 0.5) is 0 Å². The second kappa shape index (κ2) is 10.9. The zero-order valence-corrected chi connectivity index (χ0v) is 22.5. The van der Waals surface area contributed by atoms with Gasteiger partial charge >= 0.3 is 5.97 Å². The highest BCUT2D eigenvalue weighted by Crippen LogP contribution is 2.50. The lowest BCUT2D eigenvalue weighted by Crippen LogP contribution is -2.41. The highest BCUT2D eigenvalue weighted by Gasteiger charge is 2.41. The van der Waals surface area contributed by atoms with E-state index in [9.17, 15) is 9.36 Å². The van der Waals surface area contributed by atoms with E-state index in [0.29, 0.717) is 22.6 Å². The zero-order chi connectivity index (χ0) is 25.7. The molecular formula is C30H37O4P. The highest BCUT2D eigenvalue weighted by atomic mass is 31.2. The maximum absolute atomic E-state index is 14.6. The first-order chi connectivity index (χ1) is 16.4. The quantitative estimate of drug-likeness (QED) is 0.251. The van der Waals surface area contributed by atoms with E-state index in [2.05, 4.69) is 20.8 Å². The number of benzene rings is 3. The number of hydrogen-bond acceptors (Lipinski definition) is 4. The number of ether oxygens (including phenoxy) is 1. The molecule has 35 heavy (non-hydrogen) atoms. The number of esters is 1. The van der Waals surface area contributed by atoms with E-state index in [0.717, 1.165) is 0 Å². The van der Waals surface area contributed by atoms with Crippen LogP contribution in [0.2, 0.25) is 0 Å². The summed E-state index contributed by atoms with van der Waals surface area (Å²) in [5.74, 6) is -0.368. The van der Waals surface area contributed by atoms with Gasteiger partial charge < -0.3 is 9.26 Å². The Balaban J connectivity index is 1.97. The van der Waals surface area contributed by atoms with Crippen LogP contribution in [0.5, 0.6) is 0 Å². The second-order valence-corrected chi connectivity index (χ2v) is 13.4. The molecule has 0 N–H and O–H groups in total. The van der Waals surface area contributed by atoms with Crippen LogP contribution in [-0.4, -0.2) is 18.2 Å². The Hall–Kier alpha value is -2.68. The molecule has 0 amide bonds. The molecule has 3 aromatic rings. The van der Waals surface area contributed by atoms with Crippen molar-refractivity contribution in [1.29, 1.82) is 0 Å². The molecular weight excluding hydrogens is 455 g/mol. The lowest BCUT2D eigenvalue weighted by atomic mass is 9.79. The predicted molar refractivity (Wildman–Crippen MR) is 144 cm³/mol. The van der Waals surface area contributed by atoms with Crippen molar-refractivity contribution in [3.05, 3.63) is 96.6 Å². The van der Waals surface area contributed by atoms with Crippen LogP contribution in [0, 0.1) is 10.8 Å². The average Bonchev–Trinajstić information content (AvgIpc) is 2.83. The van der Waals surface area contributed by atoms with Gasteiger partial charge in [0.2, 0.25) is 0 Å². The van der Waals surface area contributed by atoms with Crippen LogP contribution >= 0.6 is 7.37 Å². The van der Waals surface area contributed by atoms with Gasteiger partial charge in [-0.05, 0) is 47.2 Å². The zero-order valence-electron chi connectivity index (χ0n) is 21.6. The fraction of sp³-hybridized carbons (Fsp3) is 0.367. The van der Waals surface area contributed by atoms with E-state index in [1.807, 2.05) is 99.6 Å². The smallest absolute Gasteiger partial charge is 0.338 e. The third kappa shape index (κ3) is 6.93. The van der Waals surface area contributed by atoms with Crippen molar-refractivity contribution in [2.45, 2.75) is 60.2 Å². The SMILES string of the molecule is CC(C)(C)C(CC(OP(=O)(c1ccccc1)c1ccccc1)C(C)(C)C)OC(=O)c1ccccc1. The molecule has 0 aliphatic carbocycles. The van der Waals surface area contributed by atoms with Crippen LogP contribution < -0.4 is 10.6 Å². The molecule has 4 nitrogen and oxygen atoms in total. The Bertz CT molecular complexity index is 1090. The highest BCUT2D eigenvalue weighted by molar-refractivity contribution is 7.74. The number of carbonyl (C=O) groups is 1. The van der Waals surface area contributed by atoms with Crippen LogP contribution in [0.1, 0.15) is 58.3 Å². The maximum Gasteiger partial charge on any atom is 0.338 e. The Morgan fingerprint density at radius 1 is 0.686 bits per heavy atom. The standard InChI is InChI=1S/C30H37O4P/c1-29(2,3)26(33-28(31)23-16-10-7-11-17-23)22-27(30(4,5)6)34-35(32,24-18-12-8-13-19-24)25-20-14-9-15-21-25/h7-21,26-27H,22H2,1-6H3. The Morgan fingerprint density at radius 3 is 1.49 bits per heavy atom. The largest absolute Gasteiger partial charge is 0.458 e. The molecule has 0 fully saturated rings. The summed E-state index contributed by atoms with van der Waals surface area (Å²) in [4.78, 5) is 12.9. The van der Waals surface area contributed by atoms with Gasteiger partial charge in [-0.1, -0.05) is 96.1 Å². The van der Waals surface area contributed by atoms with Crippen LogP contribution in [0.3, 0.4) is 0 Å². The lowest BCUT2D eigenvalue weighted by Gasteiger charge is -2.39. The summed E-state index contributed by atoms with van der Waals surface area (Å²) < 4.78 is 27.3. The number of rotatable bonds is 8. The molecule has 0 bridgehead atoms. The Kier molecular flexibility index (Phi) is 8.41. The van der Waals surface area contributed by atoms with Crippen molar-refractivity contribution in [3.63, 3.8) is 0 Å². The summed E-state index contributed by atoms with van der Waals surface area (Å²) in [6.45, 7) is 12.3. The molecule has 0 aliphatic rings. The summed E-state index contributed by atoms with van der Waals surface area (Å²) in [7, 11) is -3.42. The predicted octanol–water partition coefficient (Wildman–Crippen LogP) is 7.01. The van der Waals surface area contributed by atoms with Crippen LogP contribution in [0.25, 0.3) is 0 Å². The first-order valence-electron chi connectivity index (χ1n) is 12.1. The van der Waals surface area contributed by atoms with E-state index in [4.69, 9.17) is 9.26 Å². The molecule has 2 atom stereocenters. The molecule has 186 valence electrons. The minimum atomic E-state index is -3.42. The van der Waals surface area contributed by atoms with Crippen LogP contribution in [0.15, 0.2) is 91.0 Å². The average molecular weight is 493 g/mol. The summed E-state index contributed by atoms with van der Waals surface area (Å²) >= 11 is 0. The van der Waals surface area contributed by atoms with E-state index in [1.54, 1.807) is 12.1 Å². The minimum Gasteiger partial charge on any atom is -0.458 e. The van der Waals surface area contributed by atoms with Gasteiger partial charge in [0, 0.05) is 17.0 Å². The van der Waals surface area contributed by atoms with Gasteiger partial charge in [0.15, 0.2) is 0 Å². The number of hydrogen-bond donors (Lipinski definition) is 0. The summed E-state index contributed by atoms with van der Waals surface area (Å²) in [6.07, 6.45) is -0.476. The summed E-state index contributed by atoms with van der Waals surface area (Å²) in [5.41, 5.74) is -0.197. The molecule has 5 heteroatoms. The topological polar surface area (TPSA) is 52.6 Å². The van der Waals surface area contributed by atoms with Gasteiger partial charge in [-0.2, -0.15) is 0 Å². The molecule has 0 saturated carbocycles. The number of carbonyl (C=O) groups excluding carboxylic acids is 1. The van der Waals surface area contributed by atoms with Gasteiger partial charge in [-0.3, -0.25) is 4.57 Å². The van der Waals surface area contributed by atoms with Gasteiger partial charge in [0.05, 0.1) is 11.7 Å². The van der Waals surface area contributed by atoms with Crippen molar-refractivity contribution in [3.8, 4) is 0 Å². The molecule has 3 rings (SSSR count). The fourth-order valence-corrected chi connectivity index (χ4v) is 6.23. The van der Waals surface area contributed by atoms with E-state index >= 15 is 0 Å². The second-order valence-electron chi connectivity index (χ2n) is 11.0. The van der Waals surface area contributed by atoms with Crippen molar-refractivity contribution in [2.75, 3.05) is 0 Å². The molecule has 0 radical (unpaired) electrons. The Morgan fingerprint density at radius 2 is 1.09 bits per heavy atom. The monoisotopic (exact) mass is 492 g/mol. The molecule has 0 aliphatic heterocycles. The maximum atomic E-state index is 14.6. The van der Waals surface area contributed by atoms with Gasteiger partial charge in [-0.25, -0.2) is 4.79 Å². The minimum absolute atomic E-state index is 0.346. The summed E-state index contributed by atoms with van der Waals surface area (Å²) in [6, 6.07) is 27.7. The van der Waals surface area contributed by atoms with E-state index < -0.39 is 19.6 Å². The fourth-order valence-electron chi connectivity index (χ4n) is 3.80. The van der Waals surface area contributed by atoms with Crippen molar-refractivity contribution in [2.24, 2.45) is 10.8 Å². The normalized spacial score (nSPS) is 14.2. The molecule has 0 spiro atoms. The van der Waals surface area contributed by atoms with E-state index in [-0.39, 0.29) is 16.8 Å². The third-order valence-electron chi connectivity index (χ3n) is 6.09. The van der Waals surface area contributed by atoms with Gasteiger partial charge in [-0.15, -0.1) is 0 Å². The van der Waals surface area contributed by atoms with Gasteiger partial charge in [0.25, 0.3) is 7.37 Å². The molecule has 0 heterocycles. The lowest BCUT2D eigenvalue weighted by molar-refractivity contribution is -0.0354. The molecule has 2 unspecified atom stereocenters. The Labute approximate surface area is 210 Å². The van der Waals surface area contributed by atoms with Crippen molar-refractivity contribution < 1.29 is 18.6 Å². The van der Waals surface area contributed by atoms with Crippen LogP contribution in [-0.2, 0) is 13.8 Å². The van der Waals surface area contributed by atoms with Crippen molar-refractivity contribution in [1.82, 2.24) is 0 Å². The van der Waals surface area contributed by atoms with Gasteiger partial charge in [0.1, 0.15) is 6.10 Å². The molecule has 0 saturated heterocycles. The first kappa shape index (κ1) is 26.9. The third-order valence-corrected chi connectivity index (χ3v) is 8.59. The van der Waals surface area contributed by atoms with Crippen molar-refractivity contribution >= 4 is 23.9 Å². The molecule has 3 aromatic carbocycles. The summed E-state index contributed by atoms with van der Waals surface area (Å²) in [5, 5.41) is 1.29.